The van der Waals surface area contributed by atoms with E-state index in [4.69, 9.17) is 0 Å². The number of fused-ring (bicyclic) bond motifs is 2. The van der Waals surface area contributed by atoms with Gasteiger partial charge < -0.3 is 10.2 Å². The van der Waals surface area contributed by atoms with Crippen molar-refractivity contribution in [1.29, 1.82) is 0 Å². The van der Waals surface area contributed by atoms with Gasteiger partial charge in [-0.25, -0.2) is 0 Å². The third-order valence-corrected chi connectivity index (χ3v) is 3.60. The lowest BCUT2D eigenvalue weighted by Crippen LogP contribution is -2.22. The van der Waals surface area contributed by atoms with E-state index >= 15 is 0 Å². The number of hydrogen-bond acceptors (Lipinski definition) is 2. The highest BCUT2D eigenvalue weighted by Crippen LogP contribution is 2.45. The first-order chi connectivity index (χ1) is 9.41. The van der Waals surface area contributed by atoms with Gasteiger partial charge in [0.15, 0.2) is 0 Å². The minimum absolute atomic E-state index is 0.103. The second-order valence-corrected chi connectivity index (χ2v) is 4.74. The fourth-order valence-electron chi connectivity index (χ4n) is 2.71. The Morgan fingerprint density at radius 3 is 1.90 bits per heavy atom. The standard InChI is InChI=1S/C15H11F3O2/c16-15(17,18)11-7-3-6-10-12(11)14(20)9-5-2-1-4-8(9)13(10)19/h1-7,13-14,19-20H. The lowest BCUT2D eigenvalue weighted by molar-refractivity contribution is -0.139. The molecule has 2 aromatic carbocycles. The Kier molecular flexibility index (Phi) is 2.84. The average Bonchev–Trinajstić information content (AvgIpc) is 2.43. The molecule has 2 unspecified atom stereocenters. The zero-order chi connectivity index (χ0) is 14.5. The average molecular weight is 280 g/mol. The summed E-state index contributed by atoms with van der Waals surface area (Å²) in [7, 11) is 0. The maximum absolute atomic E-state index is 13.1. The molecule has 3 rings (SSSR count). The Balaban J connectivity index is 2.28. The van der Waals surface area contributed by atoms with Crippen molar-refractivity contribution >= 4 is 0 Å². The molecule has 0 saturated carbocycles. The molecule has 1 aliphatic rings. The van der Waals surface area contributed by atoms with E-state index in [0.717, 1.165) is 6.07 Å². The van der Waals surface area contributed by atoms with Gasteiger partial charge in [-0.15, -0.1) is 0 Å². The molecule has 2 atom stereocenters. The Bertz CT molecular complexity index is 664. The van der Waals surface area contributed by atoms with Crippen molar-refractivity contribution in [1.82, 2.24) is 0 Å². The molecule has 5 heteroatoms. The van der Waals surface area contributed by atoms with Crippen LogP contribution in [-0.4, -0.2) is 10.2 Å². The van der Waals surface area contributed by atoms with E-state index in [-0.39, 0.29) is 11.1 Å². The topological polar surface area (TPSA) is 40.5 Å². The molecule has 0 spiro atoms. The van der Waals surface area contributed by atoms with Crippen molar-refractivity contribution in [3.63, 3.8) is 0 Å². The molecule has 0 amide bonds. The molecule has 2 aromatic rings. The Hall–Kier alpha value is -1.85. The van der Waals surface area contributed by atoms with Gasteiger partial charge in [-0.2, -0.15) is 13.2 Å². The van der Waals surface area contributed by atoms with Crippen LogP contribution in [0.15, 0.2) is 42.5 Å². The van der Waals surface area contributed by atoms with E-state index in [1.165, 1.54) is 18.2 Å². The van der Waals surface area contributed by atoms with Crippen LogP contribution < -0.4 is 0 Å². The van der Waals surface area contributed by atoms with Crippen molar-refractivity contribution in [2.24, 2.45) is 0 Å². The molecular weight excluding hydrogens is 269 g/mol. The van der Waals surface area contributed by atoms with Gasteiger partial charge in [-0.1, -0.05) is 36.4 Å². The Morgan fingerprint density at radius 2 is 1.30 bits per heavy atom. The number of hydrogen-bond donors (Lipinski definition) is 2. The molecule has 0 saturated heterocycles. The molecule has 2 nitrogen and oxygen atoms in total. The smallest absolute Gasteiger partial charge is 0.384 e. The summed E-state index contributed by atoms with van der Waals surface area (Å²) in [6.07, 6.45) is -7.12. The van der Waals surface area contributed by atoms with Gasteiger partial charge in [0, 0.05) is 5.56 Å². The first kappa shape index (κ1) is 13.1. The molecule has 104 valence electrons. The summed E-state index contributed by atoms with van der Waals surface area (Å²) in [5.41, 5.74) is -0.315. The third kappa shape index (κ3) is 1.82. The molecule has 0 aliphatic heterocycles. The summed E-state index contributed by atoms with van der Waals surface area (Å²) >= 11 is 0. The largest absolute Gasteiger partial charge is 0.416 e. The van der Waals surface area contributed by atoms with Crippen LogP contribution in [0, 0.1) is 0 Å². The zero-order valence-corrected chi connectivity index (χ0v) is 10.2. The van der Waals surface area contributed by atoms with Gasteiger partial charge >= 0.3 is 6.18 Å². The van der Waals surface area contributed by atoms with E-state index < -0.39 is 23.9 Å². The van der Waals surface area contributed by atoms with Crippen LogP contribution in [0.4, 0.5) is 13.2 Å². The van der Waals surface area contributed by atoms with Crippen molar-refractivity contribution in [3.05, 3.63) is 70.3 Å². The van der Waals surface area contributed by atoms with E-state index in [1.54, 1.807) is 18.2 Å². The van der Waals surface area contributed by atoms with Crippen LogP contribution in [-0.2, 0) is 6.18 Å². The second-order valence-electron chi connectivity index (χ2n) is 4.74. The highest BCUT2D eigenvalue weighted by Gasteiger charge is 2.40. The van der Waals surface area contributed by atoms with E-state index in [0.29, 0.717) is 11.1 Å². The number of benzene rings is 2. The lowest BCUT2D eigenvalue weighted by atomic mass is 9.80. The number of halogens is 3. The van der Waals surface area contributed by atoms with Gasteiger partial charge in [0.2, 0.25) is 0 Å². The van der Waals surface area contributed by atoms with Crippen LogP contribution in [0.5, 0.6) is 0 Å². The fourth-order valence-corrected chi connectivity index (χ4v) is 2.71. The summed E-state index contributed by atoms with van der Waals surface area (Å²) < 4.78 is 39.2. The highest BCUT2D eigenvalue weighted by atomic mass is 19.4. The first-order valence-electron chi connectivity index (χ1n) is 6.06. The minimum Gasteiger partial charge on any atom is -0.384 e. The number of rotatable bonds is 0. The molecule has 0 bridgehead atoms. The van der Waals surface area contributed by atoms with Gasteiger partial charge in [-0.05, 0) is 22.8 Å². The first-order valence-corrected chi connectivity index (χ1v) is 6.06. The summed E-state index contributed by atoms with van der Waals surface area (Å²) in [5.74, 6) is 0. The molecule has 1 aliphatic carbocycles. The predicted molar refractivity (Wildman–Crippen MR) is 66.0 cm³/mol. The molecule has 0 aromatic heterocycles. The monoisotopic (exact) mass is 280 g/mol. The molecule has 0 fully saturated rings. The number of alkyl halides is 3. The molecule has 2 N–H and O–H groups in total. The number of aliphatic hydroxyl groups excluding tert-OH is 2. The summed E-state index contributed by atoms with van der Waals surface area (Å²) in [5, 5.41) is 20.5. The maximum Gasteiger partial charge on any atom is 0.416 e. The Morgan fingerprint density at radius 1 is 0.750 bits per heavy atom. The molecular formula is C15H11F3O2. The van der Waals surface area contributed by atoms with E-state index in [9.17, 15) is 23.4 Å². The van der Waals surface area contributed by atoms with Gasteiger partial charge in [0.1, 0.15) is 12.2 Å². The van der Waals surface area contributed by atoms with Crippen LogP contribution in [0.25, 0.3) is 0 Å². The van der Waals surface area contributed by atoms with E-state index in [1.807, 2.05) is 0 Å². The summed E-state index contributed by atoms with van der Waals surface area (Å²) in [6.45, 7) is 0. The highest BCUT2D eigenvalue weighted by molar-refractivity contribution is 5.53. The second kappa shape index (κ2) is 4.33. The van der Waals surface area contributed by atoms with E-state index in [2.05, 4.69) is 0 Å². The molecule has 0 heterocycles. The van der Waals surface area contributed by atoms with Crippen LogP contribution in [0.3, 0.4) is 0 Å². The van der Waals surface area contributed by atoms with Crippen molar-refractivity contribution in [2.75, 3.05) is 0 Å². The molecule has 0 radical (unpaired) electrons. The van der Waals surface area contributed by atoms with Gasteiger partial charge in [-0.3, -0.25) is 0 Å². The quantitative estimate of drug-likeness (QED) is 0.778. The lowest BCUT2D eigenvalue weighted by Gasteiger charge is -2.31. The number of aliphatic hydroxyl groups is 2. The third-order valence-electron chi connectivity index (χ3n) is 3.60. The summed E-state index contributed by atoms with van der Waals surface area (Å²) in [4.78, 5) is 0. The van der Waals surface area contributed by atoms with Crippen molar-refractivity contribution in [3.8, 4) is 0 Å². The molecule has 20 heavy (non-hydrogen) atoms. The van der Waals surface area contributed by atoms with Gasteiger partial charge in [0.05, 0.1) is 5.56 Å². The predicted octanol–water partition coefficient (Wildman–Crippen LogP) is 3.18. The van der Waals surface area contributed by atoms with Crippen LogP contribution in [0.1, 0.15) is 40.0 Å². The SMILES string of the molecule is OC1c2ccccc2C(O)c2c1cccc2C(F)(F)F. The van der Waals surface area contributed by atoms with Crippen LogP contribution >= 0.6 is 0 Å². The maximum atomic E-state index is 13.1. The fraction of sp³-hybridized carbons (Fsp3) is 0.200. The summed E-state index contributed by atoms with van der Waals surface area (Å²) in [6, 6.07) is 10.00. The van der Waals surface area contributed by atoms with Crippen molar-refractivity contribution in [2.45, 2.75) is 18.4 Å². The zero-order valence-electron chi connectivity index (χ0n) is 10.2. The van der Waals surface area contributed by atoms with Gasteiger partial charge in [0.25, 0.3) is 0 Å². The van der Waals surface area contributed by atoms with Crippen molar-refractivity contribution < 1.29 is 23.4 Å². The minimum atomic E-state index is -4.57. The Labute approximate surface area is 113 Å². The normalized spacial score (nSPS) is 21.2. The van der Waals surface area contributed by atoms with Crippen LogP contribution in [0.2, 0.25) is 0 Å².